The maximum absolute atomic E-state index is 12.9. The Morgan fingerprint density at radius 1 is 1.29 bits per heavy atom. The highest BCUT2D eigenvalue weighted by molar-refractivity contribution is 5.86. The van der Waals surface area contributed by atoms with Gasteiger partial charge in [0.05, 0.1) is 18.4 Å². The van der Waals surface area contributed by atoms with E-state index in [4.69, 9.17) is 11.5 Å². The molecule has 21 heavy (non-hydrogen) atoms. The SMILES string of the molecule is C#CCN(Cc1ccc(F)cc1)C(=O)C1CCC1C(=O)O. The molecule has 0 aromatic heterocycles. The van der Waals surface area contributed by atoms with Crippen molar-refractivity contribution in [2.24, 2.45) is 11.8 Å². The predicted molar refractivity (Wildman–Crippen MR) is 74.5 cm³/mol. The number of aliphatic carboxylic acids is 1. The number of halogens is 1. The largest absolute Gasteiger partial charge is 0.481 e. The number of rotatable bonds is 5. The number of hydrogen-bond donors (Lipinski definition) is 1. The standard InChI is InChI=1S/C16H16FNO3/c1-2-9-18(10-11-3-5-12(17)6-4-11)15(19)13-7-8-14(13)16(20)21/h1,3-6,13-14H,7-10H2,(H,20,21). The second-order valence-corrected chi connectivity index (χ2v) is 5.15. The molecule has 0 spiro atoms. The van der Waals surface area contributed by atoms with E-state index >= 15 is 0 Å². The Morgan fingerprint density at radius 3 is 2.38 bits per heavy atom. The minimum Gasteiger partial charge on any atom is -0.481 e. The molecule has 1 saturated carbocycles. The molecule has 2 unspecified atom stereocenters. The Labute approximate surface area is 122 Å². The van der Waals surface area contributed by atoms with Crippen molar-refractivity contribution in [1.29, 1.82) is 0 Å². The second kappa shape index (κ2) is 6.40. The highest BCUT2D eigenvalue weighted by atomic mass is 19.1. The molecule has 1 aliphatic carbocycles. The summed E-state index contributed by atoms with van der Waals surface area (Å²) < 4.78 is 12.9. The van der Waals surface area contributed by atoms with E-state index in [-0.39, 0.29) is 24.8 Å². The molecule has 0 heterocycles. The van der Waals surface area contributed by atoms with Crippen LogP contribution >= 0.6 is 0 Å². The summed E-state index contributed by atoms with van der Waals surface area (Å²) in [5.74, 6) is -0.243. The number of carboxylic acids is 1. The molecule has 2 atom stereocenters. The Bertz CT molecular complexity index is 576. The summed E-state index contributed by atoms with van der Waals surface area (Å²) in [5, 5.41) is 9.03. The van der Waals surface area contributed by atoms with Crippen LogP contribution in [0.2, 0.25) is 0 Å². The molecular formula is C16H16FNO3. The molecule has 1 amide bonds. The smallest absolute Gasteiger partial charge is 0.307 e. The zero-order valence-corrected chi connectivity index (χ0v) is 11.5. The minimum atomic E-state index is -0.943. The fourth-order valence-electron chi connectivity index (χ4n) is 2.46. The number of nitrogens with zero attached hydrogens (tertiary/aromatic N) is 1. The van der Waals surface area contributed by atoms with Crippen molar-refractivity contribution in [3.05, 3.63) is 35.6 Å². The third-order valence-electron chi connectivity index (χ3n) is 3.79. The van der Waals surface area contributed by atoms with Crippen molar-refractivity contribution in [3.8, 4) is 12.3 Å². The fourth-order valence-corrected chi connectivity index (χ4v) is 2.46. The van der Waals surface area contributed by atoms with Crippen molar-refractivity contribution in [2.75, 3.05) is 6.54 Å². The van der Waals surface area contributed by atoms with Gasteiger partial charge >= 0.3 is 5.97 Å². The van der Waals surface area contributed by atoms with E-state index in [0.29, 0.717) is 12.8 Å². The van der Waals surface area contributed by atoms with Crippen LogP contribution in [0, 0.1) is 30.0 Å². The van der Waals surface area contributed by atoms with Gasteiger partial charge in [0.25, 0.3) is 0 Å². The molecular weight excluding hydrogens is 273 g/mol. The Hall–Kier alpha value is -2.35. The van der Waals surface area contributed by atoms with Gasteiger partial charge in [-0.2, -0.15) is 0 Å². The first-order valence-electron chi connectivity index (χ1n) is 6.72. The van der Waals surface area contributed by atoms with Gasteiger partial charge in [-0.05, 0) is 30.5 Å². The van der Waals surface area contributed by atoms with E-state index in [1.165, 1.54) is 17.0 Å². The summed E-state index contributed by atoms with van der Waals surface area (Å²) in [6.45, 7) is 0.366. The molecule has 0 bridgehead atoms. The average Bonchev–Trinajstić information content (AvgIpc) is 2.38. The van der Waals surface area contributed by atoms with Crippen LogP contribution in [0.15, 0.2) is 24.3 Å². The van der Waals surface area contributed by atoms with E-state index in [1.807, 2.05) is 0 Å². The van der Waals surface area contributed by atoms with E-state index < -0.39 is 17.8 Å². The molecule has 1 aromatic carbocycles. The molecule has 1 aliphatic rings. The van der Waals surface area contributed by atoms with Crippen molar-refractivity contribution in [2.45, 2.75) is 19.4 Å². The van der Waals surface area contributed by atoms with Crippen molar-refractivity contribution in [1.82, 2.24) is 4.90 Å². The summed E-state index contributed by atoms with van der Waals surface area (Å²) >= 11 is 0. The zero-order chi connectivity index (χ0) is 15.4. The molecule has 110 valence electrons. The minimum absolute atomic E-state index is 0.110. The lowest BCUT2D eigenvalue weighted by molar-refractivity contribution is -0.156. The lowest BCUT2D eigenvalue weighted by atomic mass is 9.73. The molecule has 1 N–H and O–H groups in total. The van der Waals surface area contributed by atoms with Crippen LogP contribution in [0.4, 0.5) is 4.39 Å². The van der Waals surface area contributed by atoms with Crippen molar-refractivity contribution in [3.63, 3.8) is 0 Å². The van der Waals surface area contributed by atoms with Crippen LogP contribution in [0.1, 0.15) is 18.4 Å². The van der Waals surface area contributed by atoms with Gasteiger partial charge < -0.3 is 10.0 Å². The molecule has 1 aromatic rings. The Morgan fingerprint density at radius 2 is 1.90 bits per heavy atom. The average molecular weight is 289 g/mol. The number of hydrogen-bond acceptors (Lipinski definition) is 2. The monoisotopic (exact) mass is 289 g/mol. The third kappa shape index (κ3) is 3.40. The topological polar surface area (TPSA) is 57.6 Å². The Kier molecular flexibility index (Phi) is 4.59. The van der Waals surface area contributed by atoms with Gasteiger partial charge in [-0.1, -0.05) is 18.1 Å². The number of benzene rings is 1. The fraction of sp³-hybridized carbons (Fsp3) is 0.375. The number of carbonyl (C=O) groups excluding carboxylic acids is 1. The van der Waals surface area contributed by atoms with Crippen molar-refractivity contribution < 1.29 is 19.1 Å². The van der Waals surface area contributed by atoms with Crippen LogP contribution in [-0.2, 0) is 16.1 Å². The van der Waals surface area contributed by atoms with Crippen LogP contribution < -0.4 is 0 Å². The molecule has 0 saturated heterocycles. The maximum Gasteiger partial charge on any atom is 0.307 e. The molecule has 5 heteroatoms. The van der Waals surface area contributed by atoms with E-state index in [0.717, 1.165) is 5.56 Å². The predicted octanol–water partition coefficient (Wildman–Crippen LogP) is 1.90. The van der Waals surface area contributed by atoms with Crippen molar-refractivity contribution >= 4 is 11.9 Å². The summed E-state index contributed by atoms with van der Waals surface area (Å²) in [6.07, 6.45) is 6.37. The first-order valence-corrected chi connectivity index (χ1v) is 6.72. The highest BCUT2D eigenvalue weighted by Gasteiger charge is 2.43. The van der Waals surface area contributed by atoms with Crippen LogP contribution in [-0.4, -0.2) is 28.4 Å². The third-order valence-corrected chi connectivity index (χ3v) is 3.79. The quantitative estimate of drug-likeness (QED) is 0.842. The normalized spacial score (nSPS) is 20.2. The van der Waals surface area contributed by atoms with Gasteiger partial charge in [0.1, 0.15) is 5.82 Å². The van der Waals surface area contributed by atoms with Crippen LogP contribution in [0.5, 0.6) is 0 Å². The molecule has 2 rings (SSSR count). The first-order chi connectivity index (χ1) is 10.0. The van der Waals surface area contributed by atoms with Crippen LogP contribution in [0.25, 0.3) is 0 Å². The second-order valence-electron chi connectivity index (χ2n) is 5.15. The lowest BCUT2D eigenvalue weighted by Crippen LogP contribution is -2.46. The summed E-state index contributed by atoms with van der Waals surface area (Å²) in [6, 6.07) is 5.80. The Balaban J connectivity index is 2.08. The highest BCUT2D eigenvalue weighted by Crippen LogP contribution is 2.36. The summed E-state index contributed by atoms with van der Waals surface area (Å²) in [5.41, 5.74) is 0.756. The van der Waals surface area contributed by atoms with E-state index in [1.54, 1.807) is 12.1 Å². The zero-order valence-electron chi connectivity index (χ0n) is 11.5. The van der Waals surface area contributed by atoms with Gasteiger partial charge in [0.2, 0.25) is 5.91 Å². The van der Waals surface area contributed by atoms with Gasteiger partial charge in [-0.3, -0.25) is 9.59 Å². The molecule has 0 radical (unpaired) electrons. The van der Waals surface area contributed by atoms with Crippen LogP contribution in [0.3, 0.4) is 0 Å². The summed E-state index contributed by atoms with van der Waals surface area (Å²) in [4.78, 5) is 24.9. The number of terminal acetylenes is 1. The number of carboxylic acid groups (broad SMARTS) is 1. The first kappa shape index (κ1) is 15.0. The van der Waals surface area contributed by atoms with Gasteiger partial charge in [0.15, 0.2) is 0 Å². The maximum atomic E-state index is 12.9. The van der Waals surface area contributed by atoms with E-state index in [9.17, 15) is 14.0 Å². The van der Waals surface area contributed by atoms with E-state index in [2.05, 4.69) is 5.92 Å². The summed E-state index contributed by atoms with van der Waals surface area (Å²) in [7, 11) is 0. The van der Waals surface area contributed by atoms with Gasteiger partial charge in [-0.15, -0.1) is 6.42 Å². The molecule has 4 nitrogen and oxygen atoms in total. The van der Waals surface area contributed by atoms with Gasteiger partial charge in [-0.25, -0.2) is 4.39 Å². The number of amides is 1. The lowest BCUT2D eigenvalue weighted by Gasteiger charge is -2.35. The molecule has 1 fully saturated rings. The number of carbonyl (C=O) groups is 2. The van der Waals surface area contributed by atoms with Gasteiger partial charge in [0, 0.05) is 6.54 Å². The molecule has 0 aliphatic heterocycles.